The monoisotopic (exact) mass is 322 g/mol. The SMILES string of the molecule is CC1=C(C)C2(C)OOC1(C)c1cc3c(C)c(C)c(C)c(C)c3cc12. The van der Waals surface area contributed by atoms with Crippen LogP contribution in [0.4, 0.5) is 0 Å². The number of fused-ring (bicyclic) bond motifs is 2. The van der Waals surface area contributed by atoms with Crippen LogP contribution in [0, 0.1) is 27.7 Å². The molecule has 0 N–H and O–H groups in total. The third-order valence-corrected chi connectivity index (χ3v) is 7.05. The smallest absolute Gasteiger partial charge is 0.147 e. The van der Waals surface area contributed by atoms with E-state index < -0.39 is 11.2 Å². The lowest BCUT2D eigenvalue weighted by atomic mass is 9.68. The van der Waals surface area contributed by atoms with Crippen molar-refractivity contribution in [2.75, 3.05) is 0 Å². The fourth-order valence-corrected chi connectivity index (χ4v) is 4.48. The Kier molecular flexibility index (Phi) is 2.97. The van der Waals surface area contributed by atoms with E-state index in [4.69, 9.17) is 9.78 Å². The van der Waals surface area contributed by atoms with E-state index in [0.29, 0.717) is 0 Å². The molecule has 2 aromatic rings. The average molecular weight is 322 g/mol. The molecule has 2 aromatic carbocycles. The Balaban J connectivity index is 2.18. The van der Waals surface area contributed by atoms with E-state index in [-0.39, 0.29) is 0 Å². The maximum Gasteiger partial charge on any atom is 0.147 e. The highest BCUT2D eigenvalue weighted by Gasteiger charge is 2.53. The molecule has 5 rings (SSSR count). The van der Waals surface area contributed by atoms with E-state index in [1.54, 1.807) is 0 Å². The first-order chi connectivity index (χ1) is 11.1. The molecule has 0 fully saturated rings. The van der Waals surface area contributed by atoms with Crippen LogP contribution in [0.2, 0.25) is 0 Å². The lowest BCUT2D eigenvalue weighted by molar-refractivity contribution is -0.422. The summed E-state index contributed by atoms with van der Waals surface area (Å²) in [7, 11) is 0. The number of aryl methyl sites for hydroxylation is 2. The highest BCUT2D eigenvalue weighted by molar-refractivity contribution is 5.93. The molecule has 1 aliphatic carbocycles. The topological polar surface area (TPSA) is 18.5 Å². The van der Waals surface area contributed by atoms with Gasteiger partial charge in [-0.2, -0.15) is 0 Å². The molecule has 0 aromatic heterocycles. The Bertz CT molecular complexity index is 874. The van der Waals surface area contributed by atoms with Gasteiger partial charge in [-0.1, -0.05) is 0 Å². The van der Waals surface area contributed by atoms with E-state index in [9.17, 15) is 0 Å². The van der Waals surface area contributed by atoms with Crippen LogP contribution in [0.25, 0.3) is 10.8 Å². The third kappa shape index (κ3) is 1.59. The highest BCUT2D eigenvalue weighted by Crippen LogP contribution is 2.56. The van der Waals surface area contributed by atoms with Crippen molar-refractivity contribution in [2.45, 2.75) is 66.6 Å². The largest absolute Gasteiger partial charge is 0.220 e. The molecule has 3 aliphatic rings. The predicted molar refractivity (Wildman–Crippen MR) is 98.1 cm³/mol. The van der Waals surface area contributed by atoms with Crippen molar-refractivity contribution in [2.24, 2.45) is 0 Å². The minimum Gasteiger partial charge on any atom is -0.220 e. The van der Waals surface area contributed by atoms with Gasteiger partial charge in [0.15, 0.2) is 0 Å². The number of benzene rings is 2. The van der Waals surface area contributed by atoms with Crippen LogP contribution in [0.15, 0.2) is 23.3 Å². The van der Waals surface area contributed by atoms with Gasteiger partial charge in [-0.05, 0) is 123 Å². The summed E-state index contributed by atoms with van der Waals surface area (Å²) in [4.78, 5) is 11.8. The summed E-state index contributed by atoms with van der Waals surface area (Å²) in [5.74, 6) is 0. The molecule has 0 amide bonds. The summed E-state index contributed by atoms with van der Waals surface area (Å²) in [5, 5.41) is 2.67. The van der Waals surface area contributed by atoms with E-state index in [1.165, 1.54) is 55.3 Å². The van der Waals surface area contributed by atoms with Crippen molar-refractivity contribution in [1.82, 2.24) is 0 Å². The molecule has 2 nitrogen and oxygen atoms in total. The van der Waals surface area contributed by atoms with Crippen LogP contribution in [0.5, 0.6) is 0 Å². The van der Waals surface area contributed by atoms with Gasteiger partial charge in [0, 0.05) is 0 Å². The molecule has 0 saturated carbocycles. The first-order valence-corrected chi connectivity index (χ1v) is 8.73. The van der Waals surface area contributed by atoms with Crippen LogP contribution < -0.4 is 0 Å². The van der Waals surface area contributed by atoms with Gasteiger partial charge in [-0.15, -0.1) is 0 Å². The zero-order valence-corrected chi connectivity index (χ0v) is 16.0. The minimum atomic E-state index is -0.496. The van der Waals surface area contributed by atoms with Crippen molar-refractivity contribution in [1.29, 1.82) is 0 Å². The van der Waals surface area contributed by atoms with E-state index in [0.717, 1.165) is 0 Å². The van der Waals surface area contributed by atoms with Gasteiger partial charge in [0.1, 0.15) is 11.2 Å². The number of hydrogen-bond acceptors (Lipinski definition) is 2. The molecule has 2 unspecified atom stereocenters. The highest BCUT2D eigenvalue weighted by atomic mass is 17.2. The molecule has 2 atom stereocenters. The second kappa shape index (κ2) is 4.50. The Labute approximate surface area is 144 Å². The van der Waals surface area contributed by atoms with Crippen molar-refractivity contribution in [3.8, 4) is 0 Å². The maximum absolute atomic E-state index is 5.89. The van der Waals surface area contributed by atoms with Gasteiger partial charge >= 0.3 is 0 Å². The Morgan fingerprint density at radius 1 is 0.583 bits per heavy atom. The zero-order chi connectivity index (χ0) is 17.6. The van der Waals surface area contributed by atoms with Gasteiger partial charge < -0.3 is 0 Å². The van der Waals surface area contributed by atoms with Crippen LogP contribution >= 0.6 is 0 Å². The lowest BCUT2D eigenvalue weighted by Gasteiger charge is -2.51. The Hall–Kier alpha value is -1.64. The molecule has 2 heterocycles. The molecule has 2 aliphatic heterocycles. The molecule has 2 heteroatoms. The second-order valence-electron chi connectivity index (χ2n) is 7.93. The van der Waals surface area contributed by atoms with Gasteiger partial charge in [0.05, 0.1) is 0 Å². The standard InChI is InChI=1S/C22H26O2/c1-11-12(2)14(4)18-10-20-19(9-17(18)13(11)3)21(7)15(5)16(6)22(20,8)24-23-21/h9-10H,1-8H3. The summed E-state index contributed by atoms with van der Waals surface area (Å²) in [6.45, 7) is 17.5. The summed E-state index contributed by atoms with van der Waals surface area (Å²) >= 11 is 0. The zero-order valence-electron chi connectivity index (χ0n) is 16.0. The molecule has 0 radical (unpaired) electrons. The van der Waals surface area contributed by atoms with Crippen molar-refractivity contribution < 1.29 is 9.78 Å². The van der Waals surface area contributed by atoms with Gasteiger partial charge in [-0.3, -0.25) is 0 Å². The summed E-state index contributed by atoms with van der Waals surface area (Å²) in [6.07, 6.45) is 0. The Morgan fingerprint density at radius 2 is 0.917 bits per heavy atom. The third-order valence-electron chi connectivity index (χ3n) is 7.05. The quantitative estimate of drug-likeness (QED) is 0.450. The second-order valence-corrected chi connectivity index (χ2v) is 7.93. The number of hydrogen-bond donors (Lipinski definition) is 0. The summed E-state index contributed by atoms with van der Waals surface area (Å²) < 4.78 is 0. The van der Waals surface area contributed by atoms with Crippen LogP contribution in [0.3, 0.4) is 0 Å². The summed E-state index contributed by atoms with van der Waals surface area (Å²) in [6, 6.07) is 4.69. The van der Waals surface area contributed by atoms with Gasteiger partial charge in [-0.25, -0.2) is 9.78 Å². The van der Waals surface area contributed by atoms with Crippen molar-refractivity contribution in [3.05, 3.63) is 56.7 Å². The van der Waals surface area contributed by atoms with Crippen molar-refractivity contribution in [3.63, 3.8) is 0 Å². The van der Waals surface area contributed by atoms with E-state index in [1.807, 2.05) is 0 Å². The van der Waals surface area contributed by atoms with Gasteiger partial charge in [0.25, 0.3) is 0 Å². The van der Waals surface area contributed by atoms with Gasteiger partial charge in [0.2, 0.25) is 0 Å². The molecular formula is C22H26O2. The van der Waals surface area contributed by atoms with Crippen LogP contribution in [-0.2, 0) is 21.0 Å². The molecule has 0 spiro atoms. The fraction of sp³-hybridized carbons (Fsp3) is 0.455. The van der Waals surface area contributed by atoms with Crippen LogP contribution in [-0.4, -0.2) is 0 Å². The van der Waals surface area contributed by atoms with E-state index >= 15 is 0 Å². The Morgan fingerprint density at radius 3 is 1.25 bits per heavy atom. The molecule has 24 heavy (non-hydrogen) atoms. The normalized spacial score (nSPS) is 28.7. The molecule has 0 saturated heterocycles. The first kappa shape index (κ1) is 15.9. The molecular weight excluding hydrogens is 296 g/mol. The average Bonchev–Trinajstić information content (AvgIpc) is 2.58. The predicted octanol–water partition coefficient (Wildman–Crippen LogP) is 5.82. The first-order valence-electron chi connectivity index (χ1n) is 8.73. The van der Waals surface area contributed by atoms with Crippen molar-refractivity contribution >= 4 is 10.8 Å². The minimum absolute atomic E-state index is 0.496. The fourth-order valence-electron chi connectivity index (χ4n) is 4.48. The molecule has 126 valence electrons. The van der Waals surface area contributed by atoms with Crippen LogP contribution in [0.1, 0.15) is 61.1 Å². The number of rotatable bonds is 0. The lowest BCUT2D eigenvalue weighted by Crippen LogP contribution is -2.49. The summed E-state index contributed by atoms with van der Waals surface area (Å²) in [5.41, 5.74) is 9.54. The van der Waals surface area contributed by atoms with E-state index in [2.05, 4.69) is 67.5 Å². The maximum atomic E-state index is 5.89. The molecule has 2 bridgehead atoms.